The predicted molar refractivity (Wildman–Crippen MR) is 129 cm³/mol. The van der Waals surface area contributed by atoms with Crippen LogP contribution in [0, 0.1) is 5.82 Å². The van der Waals surface area contributed by atoms with Crippen LogP contribution in [0.5, 0.6) is 5.75 Å². The van der Waals surface area contributed by atoms with Gasteiger partial charge < -0.3 is 9.26 Å². The van der Waals surface area contributed by atoms with Gasteiger partial charge in [0.25, 0.3) is 5.56 Å². The Balaban J connectivity index is 1.66. The van der Waals surface area contributed by atoms with E-state index in [2.05, 4.69) is 5.16 Å². The SMILES string of the molecule is COc1ccc(-c2cccc(F)c2)cc1-n1c(=O)ccc2cc(S(=O)(=O)Cc3ccon3)ccc21. The van der Waals surface area contributed by atoms with Gasteiger partial charge in [0, 0.05) is 17.5 Å². The third kappa shape index (κ3) is 4.33. The molecule has 176 valence electrons. The summed E-state index contributed by atoms with van der Waals surface area (Å²) >= 11 is 0. The Morgan fingerprint density at radius 3 is 2.54 bits per heavy atom. The molecule has 5 aromatic rings. The summed E-state index contributed by atoms with van der Waals surface area (Å²) in [6, 6.07) is 20.4. The summed E-state index contributed by atoms with van der Waals surface area (Å²) in [5.74, 6) is -0.248. The molecule has 0 spiro atoms. The number of sulfone groups is 1. The first-order valence-electron chi connectivity index (χ1n) is 10.6. The monoisotopic (exact) mass is 490 g/mol. The molecule has 0 atom stereocenters. The van der Waals surface area contributed by atoms with Gasteiger partial charge in [-0.25, -0.2) is 12.8 Å². The molecule has 0 saturated carbocycles. The van der Waals surface area contributed by atoms with Crippen LogP contribution in [0.2, 0.25) is 0 Å². The minimum atomic E-state index is -3.69. The molecule has 2 heterocycles. The molecule has 3 aromatic carbocycles. The molecule has 2 aromatic heterocycles. The molecule has 0 amide bonds. The predicted octanol–water partition coefficient (Wildman–Crippen LogP) is 4.77. The van der Waals surface area contributed by atoms with Gasteiger partial charge in [0.05, 0.1) is 28.9 Å². The summed E-state index contributed by atoms with van der Waals surface area (Å²) in [6.45, 7) is 0. The first kappa shape index (κ1) is 22.5. The summed E-state index contributed by atoms with van der Waals surface area (Å²) in [7, 11) is -2.20. The van der Waals surface area contributed by atoms with Gasteiger partial charge in [-0.05, 0) is 59.7 Å². The maximum absolute atomic E-state index is 13.8. The number of rotatable bonds is 6. The first-order chi connectivity index (χ1) is 16.9. The van der Waals surface area contributed by atoms with Crippen molar-refractivity contribution in [1.82, 2.24) is 9.72 Å². The van der Waals surface area contributed by atoms with Crippen molar-refractivity contribution in [2.45, 2.75) is 10.6 Å². The minimum absolute atomic E-state index is 0.0960. The highest BCUT2D eigenvalue weighted by Gasteiger charge is 2.19. The van der Waals surface area contributed by atoms with Crippen LogP contribution in [0.4, 0.5) is 4.39 Å². The number of hydrogen-bond donors (Lipinski definition) is 0. The van der Waals surface area contributed by atoms with Crippen molar-refractivity contribution in [1.29, 1.82) is 0 Å². The number of aromatic nitrogens is 2. The van der Waals surface area contributed by atoms with Crippen LogP contribution in [0.3, 0.4) is 0 Å². The maximum Gasteiger partial charge on any atom is 0.255 e. The Morgan fingerprint density at radius 1 is 0.971 bits per heavy atom. The number of halogens is 1. The van der Waals surface area contributed by atoms with E-state index in [9.17, 15) is 17.6 Å². The molecule has 0 N–H and O–H groups in total. The summed E-state index contributed by atoms with van der Waals surface area (Å²) in [6.07, 6.45) is 1.31. The molecule has 0 aliphatic carbocycles. The highest BCUT2D eigenvalue weighted by molar-refractivity contribution is 7.90. The van der Waals surface area contributed by atoms with Crippen molar-refractivity contribution in [3.63, 3.8) is 0 Å². The molecule has 7 nitrogen and oxygen atoms in total. The second kappa shape index (κ2) is 8.84. The molecule has 0 radical (unpaired) electrons. The standard InChI is InChI=1S/C26H19FN2O5S/c1-33-25-9-5-18(17-3-2-4-20(27)13-17)15-24(25)29-23-8-7-22(14-19(23)6-10-26(29)30)35(31,32)16-21-11-12-34-28-21/h2-15H,16H2,1H3. The number of methoxy groups -OCH3 is 1. The smallest absolute Gasteiger partial charge is 0.255 e. The van der Waals surface area contributed by atoms with E-state index in [1.54, 1.807) is 42.5 Å². The molecule has 35 heavy (non-hydrogen) atoms. The van der Waals surface area contributed by atoms with Gasteiger partial charge in [-0.3, -0.25) is 9.36 Å². The molecule has 0 saturated heterocycles. The molecular formula is C26H19FN2O5S. The summed E-state index contributed by atoms with van der Waals surface area (Å²) in [5.41, 5.74) is 2.24. The summed E-state index contributed by atoms with van der Waals surface area (Å²) in [4.78, 5) is 13.1. The molecule has 0 unspecified atom stereocenters. The van der Waals surface area contributed by atoms with E-state index in [1.165, 1.54) is 54.3 Å². The largest absolute Gasteiger partial charge is 0.495 e. The summed E-state index contributed by atoms with van der Waals surface area (Å²) < 4.78 is 51.3. The molecule has 0 bridgehead atoms. The molecule has 0 aliphatic heterocycles. The number of nitrogens with zero attached hydrogens (tertiary/aromatic N) is 2. The van der Waals surface area contributed by atoms with Crippen LogP contribution in [0.25, 0.3) is 27.7 Å². The average Bonchev–Trinajstić information content (AvgIpc) is 3.35. The highest BCUT2D eigenvalue weighted by atomic mass is 32.2. The van der Waals surface area contributed by atoms with E-state index in [4.69, 9.17) is 9.26 Å². The van der Waals surface area contributed by atoms with Crippen LogP contribution in [-0.2, 0) is 15.6 Å². The zero-order valence-electron chi connectivity index (χ0n) is 18.5. The van der Waals surface area contributed by atoms with E-state index in [-0.39, 0.29) is 22.0 Å². The lowest BCUT2D eigenvalue weighted by molar-refractivity contribution is 0.413. The lowest BCUT2D eigenvalue weighted by atomic mass is 10.0. The van der Waals surface area contributed by atoms with Crippen molar-refractivity contribution >= 4 is 20.7 Å². The maximum atomic E-state index is 13.8. The molecule has 0 fully saturated rings. The lowest BCUT2D eigenvalue weighted by Gasteiger charge is -2.16. The molecule has 9 heteroatoms. The van der Waals surface area contributed by atoms with Crippen LogP contribution in [-0.4, -0.2) is 25.3 Å². The summed E-state index contributed by atoms with van der Waals surface area (Å²) in [5, 5.41) is 4.22. The van der Waals surface area contributed by atoms with E-state index < -0.39 is 9.84 Å². The second-order valence-electron chi connectivity index (χ2n) is 7.87. The van der Waals surface area contributed by atoms with E-state index in [1.807, 2.05) is 0 Å². The number of hydrogen-bond acceptors (Lipinski definition) is 6. The van der Waals surface area contributed by atoms with Crippen LogP contribution in [0.1, 0.15) is 5.69 Å². The van der Waals surface area contributed by atoms with Gasteiger partial charge in [0.1, 0.15) is 23.6 Å². The zero-order chi connectivity index (χ0) is 24.6. The minimum Gasteiger partial charge on any atom is -0.495 e. The van der Waals surface area contributed by atoms with Crippen LogP contribution >= 0.6 is 0 Å². The average molecular weight is 491 g/mol. The third-order valence-electron chi connectivity index (χ3n) is 5.63. The molecule has 5 rings (SSSR count). The second-order valence-corrected chi connectivity index (χ2v) is 9.86. The Kier molecular flexibility index (Phi) is 5.70. The zero-order valence-corrected chi connectivity index (χ0v) is 19.3. The Bertz CT molecular complexity index is 1710. The Hall–Kier alpha value is -4.24. The fourth-order valence-electron chi connectivity index (χ4n) is 3.97. The number of benzene rings is 3. The van der Waals surface area contributed by atoms with Gasteiger partial charge >= 0.3 is 0 Å². The quantitative estimate of drug-likeness (QED) is 0.341. The molecular weight excluding hydrogens is 471 g/mol. The first-order valence-corrected chi connectivity index (χ1v) is 12.2. The normalized spacial score (nSPS) is 11.6. The number of fused-ring (bicyclic) bond motifs is 1. The van der Waals surface area contributed by atoms with Crippen LogP contribution < -0.4 is 10.3 Å². The van der Waals surface area contributed by atoms with Crippen molar-refractivity contribution in [2.24, 2.45) is 0 Å². The topological polar surface area (TPSA) is 91.4 Å². The Morgan fingerprint density at radius 2 is 1.80 bits per heavy atom. The van der Waals surface area contributed by atoms with Crippen molar-refractivity contribution in [3.05, 3.63) is 107 Å². The Labute approximate surface area is 199 Å². The van der Waals surface area contributed by atoms with Gasteiger partial charge in [0.15, 0.2) is 9.84 Å². The van der Waals surface area contributed by atoms with E-state index in [0.29, 0.717) is 39.2 Å². The van der Waals surface area contributed by atoms with Crippen molar-refractivity contribution in [2.75, 3.05) is 7.11 Å². The highest BCUT2D eigenvalue weighted by Crippen LogP contribution is 2.31. The van der Waals surface area contributed by atoms with Crippen LogP contribution in [0.15, 0.2) is 99.3 Å². The van der Waals surface area contributed by atoms with Crippen molar-refractivity contribution in [3.8, 4) is 22.6 Å². The number of ether oxygens (including phenoxy) is 1. The number of pyridine rings is 1. The van der Waals surface area contributed by atoms with Gasteiger partial charge in [-0.15, -0.1) is 0 Å². The van der Waals surface area contributed by atoms with Gasteiger partial charge in [-0.2, -0.15) is 0 Å². The van der Waals surface area contributed by atoms with Gasteiger partial charge in [0.2, 0.25) is 0 Å². The third-order valence-corrected chi connectivity index (χ3v) is 7.28. The van der Waals surface area contributed by atoms with Crippen molar-refractivity contribution < 1.29 is 22.1 Å². The lowest BCUT2D eigenvalue weighted by Crippen LogP contribution is -2.18. The van der Waals surface area contributed by atoms with E-state index in [0.717, 1.165) is 0 Å². The molecule has 0 aliphatic rings. The fraction of sp³-hybridized carbons (Fsp3) is 0.0769. The fourth-order valence-corrected chi connectivity index (χ4v) is 5.26. The van der Waals surface area contributed by atoms with Gasteiger partial charge in [-0.1, -0.05) is 23.4 Å². The van der Waals surface area contributed by atoms with E-state index >= 15 is 0 Å².